The molecule has 1 saturated heterocycles. The molecule has 1 aliphatic rings. The molecule has 0 spiro atoms. The number of Topliss-reactive ketones (excluding diaryl/α,β-unsaturated/α-hetero) is 1. The minimum atomic E-state index is -1.41. The van der Waals surface area contributed by atoms with E-state index < -0.39 is 35.9 Å². The summed E-state index contributed by atoms with van der Waals surface area (Å²) in [5, 5.41) is 11.7. The third-order valence-electron chi connectivity index (χ3n) is 9.13. The van der Waals surface area contributed by atoms with Gasteiger partial charge in [-0.2, -0.15) is 9.97 Å². The van der Waals surface area contributed by atoms with Gasteiger partial charge in [0.2, 0.25) is 11.7 Å². The van der Waals surface area contributed by atoms with Gasteiger partial charge in [-0.1, -0.05) is 72.8 Å². The van der Waals surface area contributed by atoms with Crippen molar-refractivity contribution in [1.29, 1.82) is 0 Å². The Labute approximate surface area is 299 Å². The zero-order valence-electron chi connectivity index (χ0n) is 28.5. The van der Waals surface area contributed by atoms with Crippen LogP contribution in [0.1, 0.15) is 29.3 Å². The fourth-order valence-electron chi connectivity index (χ4n) is 6.58. The van der Waals surface area contributed by atoms with Gasteiger partial charge in [-0.25, -0.2) is 4.98 Å². The highest BCUT2D eigenvalue weighted by Crippen LogP contribution is 2.45. The zero-order chi connectivity index (χ0) is 36.2. The lowest BCUT2D eigenvalue weighted by atomic mass is 9.79. The van der Waals surface area contributed by atoms with Crippen LogP contribution in [0.3, 0.4) is 0 Å². The summed E-state index contributed by atoms with van der Waals surface area (Å²) >= 11 is 0. The van der Waals surface area contributed by atoms with Gasteiger partial charge < -0.3 is 40.3 Å². The van der Waals surface area contributed by atoms with Gasteiger partial charge in [0.05, 0.1) is 26.7 Å². The number of rotatable bonds is 13. The van der Waals surface area contributed by atoms with Crippen molar-refractivity contribution < 1.29 is 33.6 Å². The number of carbonyl (C=O) groups is 1. The highest BCUT2D eigenvalue weighted by Gasteiger charge is 2.49. The zero-order valence-corrected chi connectivity index (χ0v) is 28.5. The number of nitrogens with two attached hydrogens (primary N) is 2. The van der Waals surface area contributed by atoms with E-state index in [0.29, 0.717) is 39.5 Å². The van der Waals surface area contributed by atoms with Crippen molar-refractivity contribution in [3.8, 4) is 17.2 Å². The molecule has 4 aromatic carbocycles. The molecule has 13 heteroatoms. The lowest BCUT2D eigenvalue weighted by molar-refractivity contribution is -0.167. The van der Waals surface area contributed by atoms with E-state index in [4.69, 9.17) is 35.2 Å². The first kappa shape index (κ1) is 34.4. The number of para-hydroxylation sites is 1. The van der Waals surface area contributed by atoms with E-state index >= 15 is 0 Å². The van der Waals surface area contributed by atoms with Crippen molar-refractivity contribution >= 4 is 28.7 Å². The predicted octanol–water partition coefficient (Wildman–Crippen LogP) is 4.68. The van der Waals surface area contributed by atoms with Crippen LogP contribution in [0.4, 0.5) is 11.8 Å². The molecule has 0 radical (unpaired) electrons. The topological polar surface area (TPSA) is 179 Å². The first-order chi connectivity index (χ1) is 25.3. The number of methoxy groups -OCH3 is 2. The molecule has 0 bridgehead atoms. The number of imidazole rings is 1. The summed E-state index contributed by atoms with van der Waals surface area (Å²) in [6, 6.07) is 33.4. The molecule has 6 aromatic rings. The lowest BCUT2D eigenvalue weighted by Crippen LogP contribution is -2.49. The Kier molecular flexibility index (Phi) is 9.72. The van der Waals surface area contributed by atoms with Gasteiger partial charge in [0.25, 0.3) is 0 Å². The normalized spacial score (nSPS) is 17.9. The number of fused-ring (bicyclic) bond motifs is 1. The summed E-state index contributed by atoms with van der Waals surface area (Å²) in [5.41, 5.74) is 13.3. The molecule has 3 heterocycles. The fourth-order valence-corrected chi connectivity index (χ4v) is 6.58. The number of anilines is 2. The molecule has 0 amide bonds. The molecule has 5 N–H and O–H groups in total. The Morgan fingerprint density at radius 1 is 0.846 bits per heavy atom. The Hall–Kier alpha value is -6.02. The van der Waals surface area contributed by atoms with E-state index in [1.807, 2.05) is 97.1 Å². The van der Waals surface area contributed by atoms with Gasteiger partial charge in [-0.05, 0) is 53.1 Å². The summed E-state index contributed by atoms with van der Waals surface area (Å²) in [4.78, 5) is 27.3. The van der Waals surface area contributed by atoms with Crippen molar-refractivity contribution in [1.82, 2.24) is 19.5 Å². The third kappa shape index (κ3) is 6.60. The van der Waals surface area contributed by atoms with Crippen molar-refractivity contribution in [2.24, 2.45) is 0 Å². The second-order valence-corrected chi connectivity index (χ2v) is 12.3. The minimum absolute atomic E-state index is 0.0390. The van der Waals surface area contributed by atoms with Crippen LogP contribution in [0.2, 0.25) is 0 Å². The van der Waals surface area contributed by atoms with E-state index in [0.717, 1.165) is 5.56 Å². The molecule has 1 fully saturated rings. The van der Waals surface area contributed by atoms with E-state index in [1.54, 1.807) is 30.9 Å². The number of nitrogens with zero attached hydrogens (tertiary/aromatic N) is 4. The number of benzene rings is 4. The number of carbonyl (C=O) groups excluding carboxylic acids is 1. The van der Waals surface area contributed by atoms with Crippen LogP contribution in [0.25, 0.3) is 11.2 Å². The summed E-state index contributed by atoms with van der Waals surface area (Å²) in [5.74, 6) is 1.39. The van der Waals surface area contributed by atoms with Crippen LogP contribution < -0.4 is 25.7 Å². The van der Waals surface area contributed by atoms with Gasteiger partial charge in [-0.3, -0.25) is 9.36 Å². The summed E-state index contributed by atoms with van der Waals surface area (Å²) in [7, 11) is 3.18. The maximum Gasteiger partial charge on any atom is 0.224 e. The molecule has 0 saturated carbocycles. The molecule has 4 atom stereocenters. The molecule has 2 aromatic heterocycles. The van der Waals surface area contributed by atoms with Crippen LogP contribution >= 0.6 is 0 Å². The second-order valence-electron chi connectivity index (χ2n) is 12.3. The molecule has 1 aliphatic heterocycles. The molecule has 52 heavy (non-hydrogen) atoms. The molecule has 7 rings (SSSR count). The van der Waals surface area contributed by atoms with Crippen molar-refractivity contribution in [3.63, 3.8) is 0 Å². The summed E-state index contributed by atoms with van der Waals surface area (Å²) in [6.07, 6.45) is -2.92. The van der Waals surface area contributed by atoms with Crippen molar-refractivity contribution in [2.45, 2.75) is 36.6 Å². The van der Waals surface area contributed by atoms with Gasteiger partial charge in [-0.15, -0.1) is 0 Å². The number of hydrogen-bond acceptors (Lipinski definition) is 12. The lowest BCUT2D eigenvalue weighted by Gasteiger charge is -2.40. The monoisotopic (exact) mass is 702 g/mol. The maximum atomic E-state index is 14.6. The molecule has 1 unspecified atom stereocenters. The van der Waals surface area contributed by atoms with Crippen LogP contribution in [0.15, 0.2) is 116 Å². The summed E-state index contributed by atoms with van der Waals surface area (Å²) < 4.78 is 32.4. The smallest absolute Gasteiger partial charge is 0.224 e. The van der Waals surface area contributed by atoms with Gasteiger partial charge in [0.1, 0.15) is 47.3 Å². The van der Waals surface area contributed by atoms with E-state index in [9.17, 15) is 9.90 Å². The van der Waals surface area contributed by atoms with E-state index in [-0.39, 0.29) is 24.8 Å². The number of ether oxygens (including phenoxy) is 5. The fraction of sp³-hybridized carbons (Fsp3) is 0.231. The van der Waals surface area contributed by atoms with Crippen LogP contribution in [0.5, 0.6) is 17.2 Å². The minimum Gasteiger partial charge on any atom is -0.497 e. The van der Waals surface area contributed by atoms with E-state index in [1.165, 1.54) is 6.33 Å². The summed E-state index contributed by atoms with van der Waals surface area (Å²) in [6.45, 7) is -0.365. The van der Waals surface area contributed by atoms with Gasteiger partial charge in [0, 0.05) is 6.42 Å². The number of aliphatic hydroxyl groups is 1. The number of hydrogen-bond donors (Lipinski definition) is 3. The maximum absolute atomic E-state index is 14.6. The Balaban J connectivity index is 1.36. The van der Waals surface area contributed by atoms with Crippen molar-refractivity contribution in [3.05, 3.63) is 132 Å². The Bertz CT molecular complexity index is 2080. The Morgan fingerprint density at radius 3 is 2.02 bits per heavy atom. The molecule has 13 nitrogen and oxygen atoms in total. The first-order valence-corrected chi connectivity index (χ1v) is 16.6. The third-order valence-corrected chi connectivity index (χ3v) is 9.13. The molecular weight excluding hydrogens is 664 g/mol. The number of nitrogen functional groups attached to an aromatic ring is 2. The molecule has 266 valence electrons. The Morgan fingerprint density at radius 2 is 1.42 bits per heavy atom. The van der Waals surface area contributed by atoms with E-state index in [2.05, 4.69) is 15.0 Å². The quantitative estimate of drug-likeness (QED) is 0.142. The van der Waals surface area contributed by atoms with Crippen LogP contribution in [-0.4, -0.2) is 69.5 Å². The number of ketones is 1. The number of aliphatic hydroxyl groups excluding tert-OH is 1. The average Bonchev–Trinajstić information content (AvgIpc) is 3.78. The second kappa shape index (κ2) is 14.7. The van der Waals surface area contributed by atoms with Gasteiger partial charge in [0.15, 0.2) is 17.6 Å². The molecule has 0 aliphatic carbocycles. The SMILES string of the molecule is COc1ccc(C(OC(C(=O)COc2ccccc2)[C@H]2O[C@@H](n3cnc4c(N)nc(N)nc43)C[C@@H]2O)(c2ccccc2)c2ccc(OC)cc2)cc1. The standard InChI is InChI=1S/C39H38N6O7/c1-48-27-17-13-25(14-18-27)39(24-9-5-3-6-10-24,26-15-19-28(49-2)20-16-26)52-35(31(47)22-50-29-11-7-4-8-12-29)34-30(46)21-32(51-34)45-23-42-33-36(40)43-38(41)44-37(33)45/h3-20,23,30,32,34-35,46H,21-22H2,1-2H3,(H4,40,41,43,44)/t30-,32+,34-,35?/m0/s1. The largest absolute Gasteiger partial charge is 0.497 e. The van der Waals surface area contributed by atoms with Crippen LogP contribution in [-0.2, 0) is 19.9 Å². The highest BCUT2D eigenvalue weighted by molar-refractivity contribution is 5.86. The first-order valence-electron chi connectivity index (χ1n) is 16.6. The van der Waals surface area contributed by atoms with Crippen molar-refractivity contribution in [2.75, 3.05) is 32.3 Å². The highest BCUT2D eigenvalue weighted by atomic mass is 16.6. The van der Waals surface area contributed by atoms with Crippen LogP contribution in [0, 0.1) is 0 Å². The van der Waals surface area contributed by atoms with Gasteiger partial charge >= 0.3 is 0 Å². The molecular formula is C39H38N6O7. The average molecular weight is 703 g/mol. The predicted molar refractivity (Wildman–Crippen MR) is 193 cm³/mol. The number of aromatic nitrogens is 4.